The molecule has 0 saturated carbocycles. The van der Waals surface area contributed by atoms with Crippen molar-refractivity contribution >= 4 is 0 Å². The van der Waals surface area contributed by atoms with Crippen molar-refractivity contribution in [3.05, 3.63) is 0 Å². The predicted octanol–water partition coefficient (Wildman–Crippen LogP) is 2.34. The molecule has 0 heterocycles. The lowest BCUT2D eigenvalue weighted by atomic mass is 10.1. The van der Waals surface area contributed by atoms with Gasteiger partial charge < -0.3 is 15.2 Å². The largest absolute Gasteiger partial charge is 0.379 e. The molecule has 0 radical (unpaired) electrons. The van der Waals surface area contributed by atoms with Gasteiger partial charge in [0.1, 0.15) is 0 Å². The maximum absolute atomic E-state index is 5.42. The Morgan fingerprint density at radius 2 is 1.33 bits per heavy atom. The third kappa shape index (κ3) is 13.9. The topological polar surface area (TPSA) is 44.5 Å². The van der Waals surface area contributed by atoms with Crippen LogP contribution in [0.1, 0.15) is 45.4 Å². The lowest BCUT2D eigenvalue weighted by Crippen LogP contribution is -2.12. The Kier molecular flexibility index (Phi) is 13.8. The molecule has 0 unspecified atom stereocenters. The standard InChI is InChI=1S/C12H27NO2/c1-2-3-4-5-6-7-9-14-11-12-15-10-8-13/h2-13H2,1H3. The van der Waals surface area contributed by atoms with Gasteiger partial charge in [-0.1, -0.05) is 39.0 Å². The molecule has 3 nitrogen and oxygen atoms in total. The zero-order valence-electron chi connectivity index (χ0n) is 10.2. The Bertz CT molecular complexity index is 97.8. The van der Waals surface area contributed by atoms with Gasteiger partial charge in [-0.2, -0.15) is 0 Å². The smallest absolute Gasteiger partial charge is 0.0701 e. The van der Waals surface area contributed by atoms with Gasteiger partial charge in [0.25, 0.3) is 0 Å². The number of unbranched alkanes of at least 4 members (excludes halogenated alkanes) is 5. The maximum Gasteiger partial charge on any atom is 0.0701 e. The molecule has 2 N–H and O–H groups in total. The second-order valence-electron chi connectivity index (χ2n) is 3.78. The molecular weight excluding hydrogens is 190 g/mol. The quantitative estimate of drug-likeness (QED) is 0.510. The number of ether oxygens (including phenoxy) is 2. The van der Waals surface area contributed by atoms with E-state index in [0.717, 1.165) is 6.61 Å². The van der Waals surface area contributed by atoms with Crippen LogP contribution < -0.4 is 5.73 Å². The molecule has 0 spiro atoms. The van der Waals surface area contributed by atoms with Gasteiger partial charge in [-0.3, -0.25) is 0 Å². The van der Waals surface area contributed by atoms with Crippen LogP contribution in [0.4, 0.5) is 0 Å². The van der Waals surface area contributed by atoms with Gasteiger partial charge in [0, 0.05) is 13.2 Å². The van der Waals surface area contributed by atoms with E-state index >= 15 is 0 Å². The molecule has 0 amide bonds. The molecule has 0 fully saturated rings. The van der Waals surface area contributed by atoms with E-state index in [-0.39, 0.29) is 0 Å². The Labute approximate surface area is 94.3 Å². The van der Waals surface area contributed by atoms with Crippen molar-refractivity contribution in [1.82, 2.24) is 0 Å². The first-order valence-corrected chi connectivity index (χ1v) is 6.27. The van der Waals surface area contributed by atoms with E-state index in [1.807, 2.05) is 0 Å². The zero-order chi connectivity index (χ0) is 11.2. The van der Waals surface area contributed by atoms with Crippen LogP contribution in [0.3, 0.4) is 0 Å². The Morgan fingerprint density at radius 3 is 2.00 bits per heavy atom. The average Bonchev–Trinajstić information content (AvgIpc) is 2.26. The van der Waals surface area contributed by atoms with Crippen LogP contribution in [0.2, 0.25) is 0 Å². The summed E-state index contributed by atoms with van der Waals surface area (Å²) in [6.45, 7) is 5.72. The molecule has 0 aromatic carbocycles. The third-order valence-corrected chi connectivity index (χ3v) is 2.28. The number of nitrogens with two attached hydrogens (primary N) is 1. The van der Waals surface area contributed by atoms with E-state index in [0.29, 0.717) is 26.4 Å². The molecule has 0 aliphatic carbocycles. The fourth-order valence-corrected chi connectivity index (χ4v) is 1.39. The fraction of sp³-hybridized carbons (Fsp3) is 1.00. The van der Waals surface area contributed by atoms with E-state index in [4.69, 9.17) is 15.2 Å². The van der Waals surface area contributed by atoms with Gasteiger partial charge in [0.2, 0.25) is 0 Å². The van der Waals surface area contributed by atoms with Crippen molar-refractivity contribution in [1.29, 1.82) is 0 Å². The van der Waals surface area contributed by atoms with E-state index in [1.54, 1.807) is 0 Å². The molecular formula is C12H27NO2. The van der Waals surface area contributed by atoms with Crippen LogP contribution in [0.5, 0.6) is 0 Å². The van der Waals surface area contributed by atoms with Gasteiger partial charge in [0.15, 0.2) is 0 Å². The lowest BCUT2D eigenvalue weighted by molar-refractivity contribution is 0.0492. The molecule has 0 bridgehead atoms. The molecule has 0 aliphatic heterocycles. The minimum atomic E-state index is 0.595. The van der Waals surface area contributed by atoms with E-state index < -0.39 is 0 Å². The number of hydrogen-bond donors (Lipinski definition) is 1. The average molecular weight is 217 g/mol. The van der Waals surface area contributed by atoms with Gasteiger partial charge in [-0.25, -0.2) is 0 Å². The molecule has 0 atom stereocenters. The first-order chi connectivity index (χ1) is 7.41. The summed E-state index contributed by atoms with van der Waals surface area (Å²) in [4.78, 5) is 0. The SMILES string of the molecule is CCCCCCCCOCCOCCN. The summed E-state index contributed by atoms with van der Waals surface area (Å²) in [5.41, 5.74) is 5.28. The zero-order valence-corrected chi connectivity index (χ0v) is 10.2. The Morgan fingerprint density at radius 1 is 0.733 bits per heavy atom. The Hall–Kier alpha value is -0.120. The van der Waals surface area contributed by atoms with E-state index in [2.05, 4.69) is 6.92 Å². The van der Waals surface area contributed by atoms with Gasteiger partial charge >= 0.3 is 0 Å². The minimum absolute atomic E-state index is 0.595. The highest BCUT2D eigenvalue weighted by Gasteiger charge is 1.91. The third-order valence-electron chi connectivity index (χ3n) is 2.28. The first-order valence-electron chi connectivity index (χ1n) is 6.27. The lowest BCUT2D eigenvalue weighted by Gasteiger charge is -2.04. The van der Waals surface area contributed by atoms with Gasteiger partial charge in [0.05, 0.1) is 19.8 Å². The molecule has 3 heteroatoms. The van der Waals surface area contributed by atoms with Crippen molar-refractivity contribution in [2.45, 2.75) is 45.4 Å². The molecule has 0 aromatic rings. The van der Waals surface area contributed by atoms with Crippen molar-refractivity contribution in [3.8, 4) is 0 Å². The van der Waals surface area contributed by atoms with Crippen LogP contribution >= 0.6 is 0 Å². The minimum Gasteiger partial charge on any atom is -0.379 e. The summed E-state index contributed by atoms with van der Waals surface area (Å²) < 4.78 is 10.6. The highest BCUT2D eigenvalue weighted by molar-refractivity contribution is 4.43. The van der Waals surface area contributed by atoms with Crippen LogP contribution in [0, 0.1) is 0 Å². The predicted molar refractivity (Wildman–Crippen MR) is 64.1 cm³/mol. The highest BCUT2D eigenvalue weighted by atomic mass is 16.5. The van der Waals surface area contributed by atoms with Crippen molar-refractivity contribution in [2.75, 3.05) is 33.0 Å². The van der Waals surface area contributed by atoms with E-state index in [1.165, 1.54) is 38.5 Å². The van der Waals surface area contributed by atoms with Crippen molar-refractivity contribution in [2.24, 2.45) is 5.73 Å². The summed E-state index contributed by atoms with van der Waals surface area (Å²) in [7, 11) is 0. The molecule has 15 heavy (non-hydrogen) atoms. The molecule has 0 saturated heterocycles. The second kappa shape index (κ2) is 13.9. The summed E-state index contributed by atoms with van der Waals surface area (Å²) >= 11 is 0. The van der Waals surface area contributed by atoms with Gasteiger partial charge in [-0.15, -0.1) is 0 Å². The second-order valence-corrected chi connectivity index (χ2v) is 3.78. The van der Waals surface area contributed by atoms with Crippen LogP contribution in [-0.2, 0) is 9.47 Å². The molecule has 0 rings (SSSR count). The maximum atomic E-state index is 5.42. The first kappa shape index (κ1) is 14.9. The fourth-order valence-electron chi connectivity index (χ4n) is 1.39. The van der Waals surface area contributed by atoms with Crippen molar-refractivity contribution in [3.63, 3.8) is 0 Å². The summed E-state index contributed by atoms with van der Waals surface area (Å²) in [5, 5.41) is 0. The van der Waals surface area contributed by atoms with Crippen LogP contribution in [0.25, 0.3) is 0 Å². The van der Waals surface area contributed by atoms with E-state index in [9.17, 15) is 0 Å². The molecule has 0 aromatic heterocycles. The van der Waals surface area contributed by atoms with Crippen LogP contribution in [-0.4, -0.2) is 33.0 Å². The molecule has 92 valence electrons. The number of hydrogen-bond acceptors (Lipinski definition) is 3. The molecule has 0 aliphatic rings. The Balaban J connectivity index is 2.81. The monoisotopic (exact) mass is 217 g/mol. The van der Waals surface area contributed by atoms with Crippen LogP contribution in [0.15, 0.2) is 0 Å². The van der Waals surface area contributed by atoms with Crippen molar-refractivity contribution < 1.29 is 9.47 Å². The summed E-state index contributed by atoms with van der Waals surface area (Å²) in [5.74, 6) is 0. The summed E-state index contributed by atoms with van der Waals surface area (Å²) in [6, 6.07) is 0. The number of rotatable bonds is 12. The summed E-state index contributed by atoms with van der Waals surface area (Å²) in [6.07, 6.45) is 7.88. The highest BCUT2D eigenvalue weighted by Crippen LogP contribution is 2.04. The van der Waals surface area contributed by atoms with Gasteiger partial charge in [-0.05, 0) is 6.42 Å². The normalized spacial score (nSPS) is 10.8.